The summed E-state index contributed by atoms with van der Waals surface area (Å²) >= 11 is 0. The van der Waals surface area contributed by atoms with E-state index in [-0.39, 0.29) is 11.9 Å². The summed E-state index contributed by atoms with van der Waals surface area (Å²) in [7, 11) is 0. The number of allylic oxidation sites excluding steroid dienone is 1. The van der Waals surface area contributed by atoms with Crippen molar-refractivity contribution in [3.05, 3.63) is 77.5 Å². The monoisotopic (exact) mass is 388 g/mol. The van der Waals surface area contributed by atoms with E-state index in [1.165, 1.54) is 0 Å². The Morgan fingerprint density at radius 1 is 1.14 bits per heavy atom. The molecule has 0 radical (unpaired) electrons. The van der Waals surface area contributed by atoms with Gasteiger partial charge in [-0.2, -0.15) is 4.99 Å². The Morgan fingerprint density at radius 2 is 1.93 bits per heavy atom. The molecule has 29 heavy (non-hydrogen) atoms. The third-order valence-corrected chi connectivity index (χ3v) is 4.28. The first-order valence-electron chi connectivity index (χ1n) is 9.18. The van der Waals surface area contributed by atoms with E-state index in [4.69, 9.17) is 20.7 Å². The standard InChI is InChI=1S/C21H20N6O2/c22-19(17-12-6-7-13-24-17)28-20(23)26-21-25-18(14-8-2-1-3-9-14)15-10-4-5-11-16(15)27-29-21/h1-5,8-13,21-22,27H,6-7H2,(H2,23,26). The van der Waals surface area contributed by atoms with Crippen molar-refractivity contribution in [2.24, 2.45) is 20.7 Å². The van der Waals surface area contributed by atoms with Gasteiger partial charge in [-0.05, 0) is 18.9 Å². The summed E-state index contributed by atoms with van der Waals surface area (Å²) in [6, 6.07) is 17.2. The Hall–Kier alpha value is -3.78. The number of fused-ring (bicyclic) bond motifs is 1. The summed E-state index contributed by atoms with van der Waals surface area (Å²) in [6.07, 6.45) is 4.22. The highest BCUT2D eigenvalue weighted by atomic mass is 16.7. The molecule has 2 aliphatic rings. The summed E-state index contributed by atoms with van der Waals surface area (Å²) in [4.78, 5) is 18.5. The molecule has 0 saturated carbocycles. The molecule has 2 heterocycles. The molecule has 0 bridgehead atoms. The van der Waals surface area contributed by atoms with Gasteiger partial charge in [0.05, 0.1) is 11.4 Å². The number of nitrogens with zero attached hydrogens (tertiary/aromatic N) is 3. The van der Waals surface area contributed by atoms with Gasteiger partial charge in [-0.1, -0.05) is 54.6 Å². The zero-order valence-corrected chi connectivity index (χ0v) is 15.6. The van der Waals surface area contributed by atoms with Crippen LogP contribution in [0.3, 0.4) is 0 Å². The number of ether oxygens (including phenoxy) is 1. The van der Waals surface area contributed by atoms with Crippen LogP contribution in [0, 0.1) is 5.41 Å². The number of hydrogen-bond donors (Lipinski definition) is 3. The van der Waals surface area contributed by atoms with Crippen molar-refractivity contribution in [2.75, 3.05) is 5.48 Å². The van der Waals surface area contributed by atoms with Gasteiger partial charge in [0.25, 0.3) is 12.4 Å². The van der Waals surface area contributed by atoms with Gasteiger partial charge < -0.3 is 10.5 Å². The molecule has 0 aliphatic carbocycles. The Balaban J connectivity index is 1.61. The van der Waals surface area contributed by atoms with Crippen LogP contribution in [0.25, 0.3) is 0 Å². The van der Waals surface area contributed by atoms with Crippen LogP contribution in [-0.4, -0.2) is 30.2 Å². The minimum Gasteiger partial charge on any atom is -0.405 e. The van der Waals surface area contributed by atoms with Gasteiger partial charge >= 0.3 is 0 Å². The van der Waals surface area contributed by atoms with Crippen molar-refractivity contribution in [1.29, 1.82) is 5.41 Å². The van der Waals surface area contributed by atoms with Crippen LogP contribution in [0.2, 0.25) is 0 Å². The highest BCUT2D eigenvalue weighted by Crippen LogP contribution is 2.24. The zero-order valence-electron chi connectivity index (χ0n) is 15.6. The smallest absolute Gasteiger partial charge is 0.293 e. The molecule has 1 unspecified atom stereocenters. The number of aliphatic imine (C=N–C) groups is 3. The molecule has 4 N–H and O–H groups in total. The Morgan fingerprint density at radius 3 is 2.72 bits per heavy atom. The number of hydrogen-bond acceptors (Lipinski definition) is 7. The van der Waals surface area contributed by atoms with Crippen LogP contribution in [0.1, 0.15) is 24.0 Å². The van der Waals surface area contributed by atoms with Crippen molar-refractivity contribution >= 4 is 29.5 Å². The second kappa shape index (κ2) is 8.49. The number of nitrogens with two attached hydrogens (primary N) is 1. The lowest BCUT2D eigenvalue weighted by Gasteiger charge is -2.11. The average Bonchev–Trinajstić information content (AvgIpc) is 2.95. The third-order valence-electron chi connectivity index (χ3n) is 4.28. The maximum absolute atomic E-state index is 8.00. The van der Waals surface area contributed by atoms with Gasteiger partial charge in [-0.3, -0.25) is 15.9 Å². The molecule has 4 rings (SSSR count). The fourth-order valence-corrected chi connectivity index (χ4v) is 2.94. The van der Waals surface area contributed by atoms with E-state index in [0.717, 1.165) is 29.7 Å². The molecule has 0 fully saturated rings. The zero-order chi connectivity index (χ0) is 20.1. The van der Waals surface area contributed by atoms with Gasteiger partial charge in [0.2, 0.25) is 5.90 Å². The van der Waals surface area contributed by atoms with Gasteiger partial charge in [0.1, 0.15) is 5.70 Å². The number of rotatable bonds is 3. The number of anilines is 1. The molecule has 0 aromatic heterocycles. The first-order valence-corrected chi connectivity index (χ1v) is 9.18. The SMILES string of the molecule is N=C(OC(N)=NC1N=C(c2ccccc2)c2ccccc2NO1)C1=CCCC=N1. The van der Waals surface area contributed by atoms with E-state index in [9.17, 15) is 0 Å². The van der Waals surface area contributed by atoms with Gasteiger partial charge in [-0.25, -0.2) is 9.83 Å². The van der Waals surface area contributed by atoms with E-state index < -0.39 is 6.35 Å². The van der Waals surface area contributed by atoms with E-state index >= 15 is 0 Å². The van der Waals surface area contributed by atoms with Crippen LogP contribution in [0.4, 0.5) is 5.69 Å². The van der Waals surface area contributed by atoms with Gasteiger partial charge in [0.15, 0.2) is 0 Å². The van der Waals surface area contributed by atoms with Crippen molar-refractivity contribution in [1.82, 2.24) is 0 Å². The normalized spacial score (nSPS) is 18.6. The highest BCUT2D eigenvalue weighted by Gasteiger charge is 2.20. The summed E-state index contributed by atoms with van der Waals surface area (Å²) < 4.78 is 5.30. The van der Waals surface area contributed by atoms with E-state index in [2.05, 4.69) is 20.5 Å². The molecule has 2 aliphatic heterocycles. The van der Waals surface area contributed by atoms with E-state index in [0.29, 0.717) is 11.4 Å². The fourth-order valence-electron chi connectivity index (χ4n) is 2.94. The Kier molecular flexibility index (Phi) is 5.44. The molecule has 0 spiro atoms. The fraction of sp³-hybridized carbons (Fsp3) is 0.143. The number of para-hydroxylation sites is 1. The second-order valence-corrected chi connectivity index (χ2v) is 6.31. The molecule has 8 nitrogen and oxygen atoms in total. The van der Waals surface area contributed by atoms with Gasteiger partial charge in [-0.15, -0.1) is 0 Å². The minimum absolute atomic E-state index is 0.167. The maximum atomic E-state index is 8.00. The van der Waals surface area contributed by atoms with Crippen molar-refractivity contribution in [3.8, 4) is 0 Å². The summed E-state index contributed by atoms with van der Waals surface area (Å²) in [5.74, 6) is -0.167. The lowest BCUT2D eigenvalue weighted by atomic mass is 10.0. The molecular formula is C21H20N6O2. The number of benzene rings is 2. The highest BCUT2D eigenvalue weighted by molar-refractivity contribution is 6.16. The molecule has 2 aromatic rings. The molecule has 1 atom stereocenters. The summed E-state index contributed by atoms with van der Waals surface area (Å²) in [5, 5.41) is 8.00. The van der Waals surface area contributed by atoms with Crippen LogP contribution in [0.5, 0.6) is 0 Å². The molecular weight excluding hydrogens is 368 g/mol. The molecule has 146 valence electrons. The number of nitrogens with one attached hydrogen (secondary N) is 2. The van der Waals surface area contributed by atoms with Crippen LogP contribution in [-0.2, 0) is 9.57 Å². The van der Waals surface area contributed by atoms with Crippen LogP contribution >= 0.6 is 0 Å². The predicted octanol–water partition coefficient (Wildman–Crippen LogP) is 3.22. The Bertz CT molecular complexity index is 1030. The molecule has 0 saturated heterocycles. The first kappa shape index (κ1) is 18.6. The number of amidine groups is 1. The third kappa shape index (κ3) is 4.39. The lowest BCUT2D eigenvalue weighted by molar-refractivity contribution is 0.115. The van der Waals surface area contributed by atoms with Gasteiger partial charge in [0, 0.05) is 17.3 Å². The summed E-state index contributed by atoms with van der Waals surface area (Å²) in [5.41, 5.74) is 12.5. The topological polar surface area (TPSA) is 117 Å². The van der Waals surface area contributed by atoms with Crippen LogP contribution in [0.15, 0.2) is 81.3 Å². The Labute approximate surface area is 168 Å². The average molecular weight is 388 g/mol. The molecule has 2 aromatic carbocycles. The predicted molar refractivity (Wildman–Crippen MR) is 113 cm³/mol. The van der Waals surface area contributed by atoms with Crippen molar-refractivity contribution < 1.29 is 9.57 Å². The lowest BCUT2D eigenvalue weighted by Crippen LogP contribution is -2.25. The first-order chi connectivity index (χ1) is 14.2. The largest absolute Gasteiger partial charge is 0.405 e. The second-order valence-electron chi connectivity index (χ2n) is 6.31. The van der Waals surface area contributed by atoms with Crippen molar-refractivity contribution in [3.63, 3.8) is 0 Å². The van der Waals surface area contributed by atoms with E-state index in [1.807, 2.05) is 60.7 Å². The molecule has 0 amide bonds. The maximum Gasteiger partial charge on any atom is 0.293 e. The van der Waals surface area contributed by atoms with Crippen LogP contribution < -0.4 is 11.2 Å². The minimum atomic E-state index is -0.991. The summed E-state index contributed by atoms with van der Waals surface area (Å²) in [6.45, 7) is 0. The van der Waals surface area contributed by atoms with E-state index in [1.54, 1.807) is 6.21 Å². The molecule has 8 heteroatoms. The quantitative estimate of drug-likeness (QED) is 0.553. The van der Waals surface area contributed by atoms with Crippen molar-refractivity contribution in [2.45, 2.75) is 19.2 Å².